The monoisotopic (exact) mass is 867 g/mol. The molecule has 0 fully saturated rings. The minimum atomic E-state index is -0.461. The van der Waals surface area contributed by atoms with E-state index in [1.165, 1.54) is 0 Å². The molecule has 0 rings (SSSR count). The maximum absolute atomic E-state index is 9.71. The van der Waals surface area contributed by atoms with Crippen LogP contribution >= 0.6 is 0 Å². The van der Waals surface area contributed by atoms with Crippen molar-refractivity contribution in [3.05, 3.63) is 0 Å². The Kier molecular flexibility index (Phi) is 50.9. The first-order valence-electron chi connectivity index (χ1n) is 21.0. The summed E-state index contributed by atoms with van der Waals surface area (Å²) in [7, 11) is 3.29. The molecule has 0 aliphatic carbocycles. The van der Waals surface area contributed by atoms with E-state index in [2.05, 4.69) is 9.80 Å². The second kappa shape index (κ2) is 51.5. The van der Waals surface area contributed by atoms with Gasteiger partial charge in [0.2, 0.25) is 0 Å². The minimum Gasteiger partial charge on any atom is -0.394 e. The molecule has 0 heterocycles. The zero-order chi connectivity index (χ0) is 42.8. The van der Waals surface area contributed by atoms with Crippen molar-refractivity contribution in [2.24, 2.45) is 0 Å². The van der Waals surface area contributed by atoms with E-state index in [-0.39, 0.29) is 26.4 Å². The lowest BCUT2D eigenvalue weighted by Gasteiger charge is -2.22. The fourth-order valence-electron chi connectivity index (χ4n) is 4.72. The molecule has 0 aliphatic rings. The molecule has 0 spiro atoms. The number of methoxy groups -OCH3 is 2. The van der Waals surface area contributed by atoms with Gasteiger partial charge >= 0.3 is 0 Å². The van der Waals surface area contributed by atoms with Crippen LogP contribution in [0.25, 0.3) is 0 Å². The fraction of sp³-hybridized carbons (Fsp3) is 1.00. The molecule has 0 aliphatic heterocycles. The molecule has 0 bridgehead atoms. The van der Waals surface area contributed by atoms with Crippen LogP contribution in [0, 0.1) is 0 Å². The lowest BCUT2D eigenvalue weighted by molar-refractivity contribution is -0.0685. The van der Waals surface area contributed by atoms with E-state index in [0.717, 1.165) is 19.6 Å². The Morgan fingerprint density at radius 2 is 0.559 bits per heavy atom. The Bertz CT molecular complexity index is 735. The van der Waals surface area contributed by atoms with Crippen molar-refractivity contribution in [3.63, 3.8) is 0 Å². The molecular weight excluding hydrogens is 784 g/mol. The number of aliphatic hydroxyl groups excluding tert-OH is 3. The van der Waals surface area contributed by atoms with Gasteiger partial charge in [-0.25, -0.2) is 0 Å². The van der Waals surface area contributed by atoms with E-state index < -0.39 is 6.10 Å². The summed E-state index contributed by atoms with van der Waals surface area (Å²) in [6.45, 7) is 16.7. The summed E-state index contributed by atoms with van der Waals surface area (Å²) in [4.78, 5) is 4.43. The fourth-order valence-corrected chi connectivity index (χ4v) is 4.72. The van der Waals surface area contributed by atoms with Gasteiger partial charge < -0.3 is 86.4 Å². The molecule has 0 amide bonds. The summed E-state index contributed by atoms with van der Waals surface area (Å²) >= 11 is 0. The lowest BCUT2D eigenvalue weighted by Crippen LogP contribution is -2.34. The summed E-state index contributed by atoms with van der Waals surface area (Å²) in [6, 6.07) is 0. The highest BCUT2D eigenvalue weighted by Crippen LogP contribution is 1.97. The molecule has 0 saturated carbocycles. The third-order valence-electron chi connectivity index (χ3n) is 7.97. The van der Waals surface area contributed by atoms with E-state index in [9.17, 15) is 5.11 Å². The van der Waals surface area contributed by atoms with Crippen LogP contribution in [-0.2, 0) is 71.1 Å². The smallest absolute Gasteiger partial charge is 0.104 e. The van der Waals surface area contributed by atoms with Crippen molar-refractivity contribution in [2.75, 3.05) is 252 Å². The maximum Gasteiger partial charge on any atom is 0.104 e. The third-order valence-corrected chi connectivity index (χ3v) is 7.97. The Morgan fingerprint density at radius 3 is 0.847 bits per heavy atom. The van der Waals surface area contributed by atoms with Crippen LogP contribution in [0.4, 0.5) is 0 Å². The van der Waals surface area contributed by atoms with Gasteiger partial charge in [-0.05, 0) is 0 Å². The standard InChI is InChI=1S/C39H82N2O18/c1-45-19-21-55-30-25-49-13-5-40(6-14-50-26-31-56-22-20-46-2)7-15-51-27-32-57-33-34-58-38-39(37-44)59-36-35-52-16-8-41(3-11-47-23-28-53-17-9-42)4-12-48-24-29-54-18-10-43/h39,42-44H,3-38H2,1-2H3. The predicted octanol–water partition coefficient (Wildman–Crippen LogP) is -1.56. The van der Waals surface area contributed by atoms with Crippen molar-refractivity contribution in [1.29, 1.82) is 0 Å². The van der Waals surface area contributed by atoms with E-state index in [1.807, 2.05) is 0 Å². The summed E-state index contributed by atoms with van der Waals surface area (Å²) in [5.41, 5.74) is 0. The molecule has 0 aromatic heterocycles. The van der Waals surface area contributed by atoms with Crippen LogP contribution in [0.5, 0.6) is 0 Å². The van der Waals surface area contributed by atoms with Crippen LogP contribution < -0.4 is 0 Å². The first kappa shape index (κ1) is 58.2. The number of ether oxygens (including phenoxy) is 15. The highest BCUT2D eigenvalue weighted by Gasteiger charge is 2.10. The highest BCUT2D eigenvalue weighted by molar-refractivity contribution is 4.59. The Morgan fingerprint density at radius 1 is 0.305 bits per heavy atom. The number of nitrogens with zero attached hydrogens (tertiary/aromatic N) is 2. The van der Waals surface area contributed by atoms with Gasteiger partial charge in [0.05, 0.1) is 198 Å². The van der Waals surface area contributed by atoms with E-state index >= 15 is 0 Å². The molecule has 3 N–H and O–H groups in total. The normalized spacial score (nSPS) is 12.5. The van der Waals surface area contributed by atoms with Crippen LogP contribution in [0.3, 0.4) is 0 Å². The van der Waals surface area contributed by atoms with Gasteiger partial charge in [-0.1, -0.05) is 0 Å². The van der Waals surface area contributed by atoms with Crippen molar-refractivity contribution >= 4 is 0 Å². The largest absolute Gasteiger partial charge is 0.394 e. The van der Waals surface area contributed by atoms with E-state index in [1.54, 1.807) is 14.2 Å². The zero-order valence-corrected chi connectivity index (χ0v) is 36.4. The highest BCUT2D eigenvalue weighted by atomic mass is 16.6. The van der Waals surface area contributed by atoms with Gasteiger partial charge in [0.25, 0.3) is 0 Å². The SMILES string of the molecule is COCCOCCOCCN(CCOCCOCCOC)CCOCCOCCOCC(CO)OCCOCCN(CCOCCOCCO)CCOCCOCCO. The summed E-state index contributed by atoms with van der Waals surface area (Å²) in [5, 5.41) is 27.3. The van der Waals surface area contributed by atoms with Crippen LogP contribution in [0.1, 0.15) is 0 Å². The minimum absolute atomic E-state index is 0.00843. The molecule has 0 aromatic rings. The van der Waals surface area contributed by atoms with Gasteiger partial charge in [-0.15, -0.1) is 0 Å². The second-order valence-electron chi connectivity index (χ2n) is 12.6. The van der Waals surface area contributed by atoms with Crippen LogP contribution in [0.15, 0.2) is 0 Å². The van der Waals surface area contributed by atoms with Crippen molar-refractivity contribution in [1.82, 2.24) is 9.80 Å². The van der Waals surface area contributed by atoms with E-state index in [0.29, 0.717) is 191 Å². The Hall–Kier alpha value is -0.800. The quantitative estimate of drug-likeness (QED) is 0.0592. The number of hydrogen-bond acceptors (Lipinski definition) is 20. The molecule has 59 heavy (non-hydrogen) atoms. The third kappa shape index (κ3) is 46.5. The van der Waals surface area contributed by atoms with Gasteiger partial charge in [-0.2, -0.15) is 0 Å². The van der Waals surface area contributed by atoms with Gasteiger partial charge in [-0.3, -0.25) is 9.80 Å². The van der Waals surface area contributed by atoms with Crippen molar-refractivity contribution < 1.29 is 86.4 Å². The van der Waals surface area contributed by atoms with Crippen molar-refractivity contribution in [3.8, 4) is 0 Å². The summed E-state index contributed by atoms with van der Waals surface area (Å²) < 4.78 is 82.6. The molecule has 20 nitrogen and oxygen atoms in total. The molecule has 0 aromatic carbocycles. The van der Waals surface area contributed by atoms with Gasteiger partial charge in [0.1, 0.15) is 6.10 Å². The van der Waals surface area contributed by atoms with Gasteiger partial charge in [0.15, 0.2) is 0 Å². The molecule has 0 saturated heterocycles. The van der Waals surface area contributed by atoms with Gasteiger partial charge in [0, 0.05) is 53.5 Å². The molecule has 0 radical (unpaired) electrons. The zero-order valence-electron chi connectivity index (χ0n) is 36.4. The topological polar surface area (TPSA) is 206 Å². The summed E-state index contributed by atoms with van der Waals surface area (Å²) in [5.74, 6) is 0. The average molecular weight is 867 g/mol. The van der Waals surface area contributed by atoms with E-state index in [4.69, 9.17) is 81.3 Å². The predicted molar refractivity (Wildman–Crippen MR) is 217 cm³/mol. The molecular formula is C39H82N2O18. The average Bonchev–Trinajstić information content (AvgIpc) is 3.25. The Labute approximate surface area is 353 Å². The first-order valence-corrected chi connectivity index (χ1v) is 21.0. The summed E-state index contributed by atoms with van der Waals surface area (Å²) in [6.07, 6.45) is -0.461. The Balaban J connectivity index is 4.09. The number of hydrogen-bond donors (Lipinski definition) is 3. The lowest BCUT2D eigenvalue weighted by atomic mass is 10.4. The van der Waals surface area contributed by atoms with Crippen molar-refractivity contribution in [2.45, 2.75) is 6.10 Å². The maximum atomic E-state index is 9.71. The second-order valence-corrected chi connectivity index (χ2v) is 12.6. The molecule has 356 valence electrons. The molecule has 1 unspecified atom stereocenters. The molecule has 20 heteroatoms. The molecule has 1 atom stereocenters. The van der Waals surface area contributed by atoms with Crippen LogP contribution in [0.2, 0.25) is 0 Å². The number of rotatable bonds is 53. The number of aliphatic hydroxyl groups is 3. The first-order chi connectivity index (χ1) is 29.2. The van der Waals surface area contributed by atoms with Crippen LogP contribution in [-0.4, -0.2) is 283 Å².